The lowest BCUT2D eigenvalue weighted by Gasteiger charge is -2.32. The van der Waals surface area contributed by atoms with Crippen molar-refractivity contribution in [2.45, 2.75) is 78.4 Å². The molecule has 1 heterocycles. The summed E-state index contributed by atoms with van der Waals surface area (Å²) in [4.78, 5) is 54.9. The topological polar surface area (TPSA) is 86.8 Å². The molecule has 1 fully saturated rings. The Bertz CT molecular complexity index is 914. The lowest BCUT2D eigenvalue weighted by atomic mass is 9.85. The highest BCUT2D eigenvalue weighted by molar-refractivity contribution is 6.05. The molecule has 34 heavy (non-hydrogen) atoms. The number of nitrogens with one attached hydrogen (secondary N) is 1. The number of carbonyl (C=O) groups is 4. The highest BCUT2D eigenvalue weighted by Crippen LogP contribution is 2.35. The van der Waals surface area contributed by atoms with Gasteiger partial charge in [0.25, 0.3) is 0 Å². The predicted molar refractivity (Wildman–Crippen MR) is 130 cm³/mol. The first-order chi connectivity index (χ1) is 16.3. The SMILES string of the molecule is CC[C@@H](C)NC(=O)[C@H](CC)N(Cc1ccc(C)cc1)C(=O)CCN1C(=O)[C@H]2CC=CC[C@H]2C1=O. The zero-order valence-electron chi connectivity index (χ0n) is 20.8. The van der Waals surface area contributed by atoms with Crippen molar-refractivity contribution in [2.24, 2.45) is 11.8 Å². The number of rotatable bonds is 10. The molecule has 7 heteroatoms. The number of fused-ring (bicyclic) bond motifs is 1. The van der Waals surface area contributed by atoms with Crippen LogP contribution in [0, 0.1) is 18.8 Å². The Morgan fingerprint density at radius 1 is 1.03 bits per heavy atom. The second kappa shape index (κ2) is 11.4. The van der Waals surface area contributed by atoms with Gasteiger partial charge in [-0.25, -0.2) is 0 Å². The Morgan fingerprint density at radius 3 is 2.15 bits per heavy atom. The molecular weight excluding hydrogens is 430 g/mol. The number of likely N-dealkylation sites (tertiary alicyclic amines) is 1. The Hall–Kier alpha value is -2.96. The molecule has 4 amide bonds. The smallest absolute Gasteiger partial charge is 0.243 e. The van der Waals surface area contributed by atoms with Gasteiger partial charge in [0.1, 0.15) is 6.04 Å². The second-order valence-electron chi connectivity index (χ2n) is 9.48. The molecule has 0 spiro atoms. The number of nitrogens with zero attached hydrogens (tertiary/aromatic N) is 2. The molecule has 2 aliphatic rings. The van der Waals surface area contributed by atoms with Crippen molar-refractivity contribution >= 4 is 23.6 Å². The van der Waals surface area contributed by atoms with Crippen LogP contribution in [0.3, 0.4) is 0 Å². The van der Waals surface area contributed by atoms with Crippen LogP contribution in [0.2, 0.25) is 0 Å². The number of allylic oxidation sites excluding steroid dienone is 2. The van der Waals surface area contributed by atoms with E-state index in [1.54, 1.807) is 4.90 Å². The van der Waals surface area contributed by atoms with Crippen LogP contribution in [0.15, 0.2) is 36.4 Å². The van der Waals surface area contributed by atoms with Gasteiger partial charge < -0.3 is 10.2 Å². The third-order valence-electron chi connectivity index (χ3n) is 7.01. The van der Waals surface area contributed by atoms with Gasteiger partial charge in [-0.15, -0.1) is 0 Å². The van der Waals surface area contributed by atoms with Crippen LogP contribution in [-0.4, -0.2) is 52.1 Å². The Balaban J connectivity index is 1.75. The number of carbonyl (C=O) groups excluding carboxylic acids is 4. The van der Waals surface area contributed by atoms with Gasteiger partial charge in [0.05, 0.1) is 11.8 Å². The summed E-state index contributed by atoms with van der Waals surface area (Å²) in [5.74, 6) is -1.39. The van der Waals surface area contributed by atoms with Crippen molar-refractivity contribution < 1.29 is 19.2 Å². The Labute approximate surface area is 202 Å². The van der Waals surface area contributed by atoms with Gasteiger partial charge in [-0.05, 0) is 45.1 Å². The quantitative estimate of drug-likeness (QED) is 0.422. The number of hydrogen-bond donors (Lipinski definition) is 1. The van der Waals surface area contributed by atoms with Crippen LogP contribution >= 0.6 is 0 Å². The molecule has 1 N–H and O–H groups in total. The van der Waals surface area contributed by atoms with Crippen molar-refractivity contribution in [1.29, 1.82) is 0 Å². The molecule has 1 saturated heterocycles. The third kappa shape index (κ3) is 5.75. The van der Waals surface area contributed by atoms with Gasteiger partial charge in [-0.3, -0.25) is 24.1 Å². The molecule has 1 aromatic carbocycles. The Morgan fingerprint density at radius 2 is 1.62 bits per heavy atom. The molecule has 0 unspecified atom stereocenters. The van der Waals surface area contributed by atoms with Gasteiger partial charge in [0.2, 0.25) is 23.6 Å². The van der Waals surface area contributed by atoms with Crippen molar-refractivity contribution in [1.82, 2.24) is 15.1 Å². The zero-order chi connectivity index (χ0) is 24.8. The number of aryl methyl sites for hydroxylation is 1. The van der Waals surface area contributed by atoms with Crippen LogP contribution in [0.4, 0.5) is 0 Å². The van der Waals surface area contributed by atoms with E-state index in [4.69, 9.17) is 0 Å². The summed E-state index contributed by atoms with van der Waals surface area (Å²) in [5.41, 5.74) is 2.05. The molecule has 0 saturated carbocycles. The summed E-state index contributed by atoms with van der Waals surface area (Å²) in [7, 11) is 0. The predicted octanol–water partition coefficient (Wildman–Crippen LogP) is 3.36. The first-order valence-corrected chi connectivity index (χ1v) is 12.4. The number of amides is 4. The third-order valence-corrected chi connectivity index (χ3v) is 7.01. The molecule has 0 aromatic heterocycles. The van der Waals surface area contributed by atoms with Gasteiger partial charge >= 0.3 is 0 Å². The van der Waals surface area contributed by atoms with E-state index in [-0.39, 0.29) is 54.5 Å². The fourth-order valence-corrected chi connectivity index (χ4v) is 4.69. The minimum absolute atomic E-state index is 0.00329. The largest absolute Gasteiger partial charge is 0.352 e. The van der Waals surface area contributed by atoms with Gasteiger partial charge in [-0.1, -0.05) is 55.8 Å². The van der Waals surface area contributed by atoms with Crippen LogP contribution < -0.4 is 5.32 Å². The van der Waals surface area contributed by atoms with Gasteiger partial charge in [0.15, 0.2) is 0 Å². The maximum atomic E-state index is 13.4. The van der Waals surface area contributed by atoms with E-state index in [0.717, 1.165) is 17.5 Å². The molecule has 0 radical (unpaired) electrons. The van der Waals surface area contributed by atoms with Crippen molar-refractivity contribution in [3.63, 3.8) is 0 Å². The molecule has 1 aromatic rings. The maximum Gasteiger partial charge on any atom is 0.243 e. The lowest BCUT2D eigenvalue weighted by Crippen LogP contribution is -2.51. The van der Waals surface area contributed by atoms with E-state index < -0.39 is 6.04 Å². The summed E-state index contributed by atoms with van der Waals surface area (Å²) < 4.78 is 0. The van der Waals surface area contributed by atoms with E-state index in [1.165, 1.54) is 4.90 Å². The van der Waals surface area contributed by atoms with Crippen molar-refractivity contribution in [2.75, 3.05) is 6.54 Å². The summed E-state index contributed by atoms with van der Waals surface area (Å²) in [6, 6.07) is 7.26. The minimum Gasteiger partial charge on any atom is -0.352 e. The first-order valence-electron chi connectivity index (χ1n) is 12.4. The average molecular weight is 468 g/mol. The van der Waals surface area contributed by atoms with Gasteiger partial charge in [-0.2, -0.15) is 0 Å². The van der Waals surface area contributed by atoms with Crippen LogP contribution in [0.1, 0.15) is 64.0 Å². The molecule has 3 rings (SSSR count). The van der Waals surface area contributed by atoms with Crippen molar-refractivity contribution in [3.8, 4) is 0 Å². The number of hydrogen-bond acceptors (Lipinski definition) is 4. The fourth-order valence-electron chi connectivity index (χ4n) is 4.69. The van der Waals surface area contributed by atoms with E-state index in [1.807, 2.05) is 64.1 Å². The number of benzene rings is 1. The molecule has 1 aliphatic carbocycles. The highest BCUT2D eigenvalue weighted by Gasteiger charge is 2.47. The van der Waals surface area contributed by atoms with Gasteiger partial charge in [0, 0.05) is 25.6 Å². The molecule has 0 bridgehead atoms. The monoisotopic (exact) mass is 467 g/mol. The molecule has 4 atom stereocenters. The highest BCUT2D eigenvalue weighted by atomic mass is 16.2. The lowest BCUT2D eigenvalue weighted by molar-refractivity contribution is -0.144. The van der Waals surface area contributed by atoms with E-state index in [0.29, 0.717) is 25.8 Å². The normalized spacial score (nSPS) is 21.2. The summed E-state index contributed by atoms with van der Waals surface area (Å²) in [6.45, 7) is 8.17. The summed E-state index contributed by atoms with van der Waals surface area (Å²) >= 11 is 0. The fraction of sp³-hybridized carbons (Fsp3) is 0.556. The Kier molecular flexibility index (Phi) is 8.64. The summed E-state index contributed by atoms with van der Waals surface area (Å²) in [6.07, 6.45) is 6.32. The second-order valence-corrected chi connectivity index (χ2v) is 9.48. The van der Waals surface area contributed by atoms with E-state index in [9.17, 15) is 19.2 Å². The average Bonchev–Trinajstić information content (AvgIpc) is 3.08. The molecule has 1 aliphatic heterocycles. The van der Waals surface area contributed by atoms with E-state index in [2.05, 4.69) is 5.32 Å². The molecular formula is C27H37N3O4. The minimum atomic E-state index is -0.625. The maximum absolute atomic E-state index is 13.4. The zero-order valence-corrected chi connectivity index (χ0v) is 20.8. The van der Waals surface area contributed by atoms with Crippen molar-refractivity contribution in [3.05, 3.63) is 47.5 Å². The molecule has 7 nitrogen and oxygen atoms in total. The van der Waals surface area contributed by atoms with E-state index >= 15 is 0 Å². The van der Waals surface area contributed by atoms with Crippen LogP contribution in [0.25, 0.3) is 0 Å². The van der Waals surface area contributed by atoms with Crippen LogP contribution in [0.5, 0.6) is 0 Å². The first kappa shape index (κ1) is 25.7. The number of imide groups is 1. The van der Waals surface area contributed by atoms with Crippen LogP contribution in [-0.2, 0) is 25.7 Å². The standard InChI is InChI=1S/C27H37N3O4/c1-5-19(4)28-25(32)23(6-2)30(17-20-13-11-18(3)12-14-20)24(31)15-16-29-26(33)21-9-7-8-10-22(21)27(29)34/h7-8,11-14,19,21-23H,5-6,9-10,15-17H2,1-4H3,(H,28,32)/t19-,21-,22+,23+/m1/s1. The molecule has 184 valence electrons. The summed E-state index contributed by atoms with van der Waals surface area (Å²) in [5, 5.41) is 3.00.